The normalized spacial score (nSPS) is 15.6. The van der Waals surface area contributed by atoms with Crippen molar-refractivity contribution < 1.29 is 14.8 Å². The lowest BCUT2D eigenvalue weighted by Crippen LogP contribution is -2.86. The summed E-state index contributed by atoms with van der Waals surface area (Å²) in [6, 6.07) is 0. The van der Waals surface area contributed by atoms with E-state index < -0.39 is 0 Å². The quantitative estimate of drug-likeness (QED) is 0.206. The minimum atomic E-state index is -0.291. The van der Waals surface area contributed by atoms with Gasteiger partial charge >= 0.3 is 5.97 Å². The molecule has 1 heterocycles. The Morgan fingerprint density at radius 2 is 1.17 bits per heavy atom. The van der Waals surface area contributed by atoms with E-state index in [4.69, 9.17) is 4.74 Å². The number of ether oxygens (including phenoxy) is 1. The van der Waals surface area contributed by atoms with E-state index in [0.717, 1.165) is 6.42 Å². The lowest BCUT2D eigenvalue weighted by atomic mass is 9.83. The van der Waals surface area contributed by atoms with Crippen LogP contribution in [0.2, 0.25) is 0 Å². The Kier molecular flexibility index (Phi) is 15.6. The molecule has 0 spiro atoms. The summed E-state index contributed by atoms with van der Waals surface area (Å²) in [5.74, 6) is 0.539. The predicted octanol–water partition coefficient (Wildman–Crippen LogP) is 6.54. The number of carbonyl (C=O) groups is 1. The highest BCUT2D eigenvalue weighted by molar-refractivity contribution is 5.69. The number of unbranched alkanes of at least 4 members (excludes halogenated alkanes) is 14. The standard InChI is InChI=1S/C26H51NO2/c1-4-5-6-7-8-9-10-11-12-13-14-15-16-17-18-19-25(28)29-26(2,3)24-20-22-27-23-21-24/h24,27H,4-23H2,1-3H3/p+1. The molecule has 3 nitrogen and oxygen atoms in total. The summed E-state index contributed by atoms with van der Waals surface area (Å²) in [4.78, 5) is 12.2. The fraction of sp³-hybridized carbons (Fsp3) is 0.962. The SMILES string of the molecule is CCCCCCCCCCCCCCCCCC(=O)OC(C)(C)C1CC[NH2+]CC1. The highest BCUT2D eigenvalue weighted by atomic mass is 16.6. The van der Waals surface area contributed by atoms with Crippen molar-refractivity contribution in [3.8, 4) is 0 Å². The summed E-state index contributed by atoms with van der Waals surface area (Å²) in [7, 11) is 0. The summed E-state index contributed by atoms with van der Waals surface area (Å²) >= 11 is 0. The van der Waals surface area contributed by atoms with Crippen LogP contribution in [0.15, 0.2) is 0 Å². The number of hydrogen-bond acceptors (Lipinski definition) is 2. The van der Waals surface area contributed by atoms with Gasteiger partial charge in [0, 0.05) is 25.2 Å². The van der Waals surface area contributed by atoms with Crippen molar-refractivity contribution in [2.45, 2.75) is 142 Å². The maximum absolute atomic E-state index is 12.2. The summed E-state index contributed by atoms with van der Waals surface area (Å²) in [6.45, 7) is 8.84. The lowest BCUT2D eigenvalue weighted by Gasteiger charge is -2.35. The Morgan fingerprint density at radius 3 is 1.62 bits per heavy atom. The first-order valence-electron chi connectivity index (χ1n) is 13.1. The number of carbonyl (C=O) groups excluding carboxylic acids is 1. The molecule has 1 saturated heterocycles. The number of piperidine rings is 1. The zero-order valence-corrected chi connectivity index (χ0v) is 20.1. The van der Waals surface area contributed by atoms with Crippen LogP contribution in [0.1, 0.15) is 136 Å². The molecule has 3 heteroatoms. The molecule has 0 aromatic heterocycles. The molecule has 29 heavy (non-hydrogen) atoms. The van der Waals surface area contributed by atoms with E-state index in [1.165, 1.54) is 116 Å². The first-order chi connectivity index (χ1) is 14.1. The molecule has 0 radical (unpaired) electrons. The minimum Gasteiger partial charge on any atom is -0.459 e. The molecule has 0 unspecified atom stereocenters. The molecule has 0 amide bonds. The smallest absolute Gasteiger partial charge is 0.306 e. The van der Waals surface area contributed by atoms with Gasteiger partial charge in [0.15, 0.2) is 0 Å². The maximum Gasteiger partial charge on any atom is 0.306 e. The largest absolute Gasteiger partial charge is 0.459 e. The van der Waals surface area contributed by atoms with E-state index in [0.29, 0.717) is 12.3 Å². The first-order valence-corrected chi connectivity index (χ1v) is 13.1. The van der Waals surface area contributed by atoms with E-state index in [-0.39, 0.29) is 11.6 Å². The summed E-state index contributed by atoms with van der Waals surface area (Å²) in [5, 5.41) is 2.37. The van der Waals surface area contributed by atoms with Crippen LogP contribution in [-0.2, 0) is 9.53 Å². The molecule has 0 saturated carbocycles. The maximum atomic E-state index is 12.2. The van der Waals surface area contributed by atoms with Gasteiger partial charge in [-0.15, -0.1) is 0 Å². The van der Waals surface area contributed by atoms with Gasteiger partial charge in [0.25, 0.3) is 0 Å². The van der Waals surface area contributed by atoms with Crippen LogP contribution in [0, 0.1) is 5.92 Å². The van der Waals surface area contributed by atoms with Gasteiger partial charge in [-0.1, -0.05) is 96.8 Å². The molecule has 0 bridgehead atoms. The third-order valence-electron chi connectivity index (χ3n) is 6.78. The Labute approximate surface area is 182 Å². The van der Waals surface area contributed by atoms with Crippen molar-refractivity contribution in [2.75, 3.05) is 13.1 Å². The van der Waals surface area contributed by atoms with Crippen molar-refractivity contribution >= 4 is 5.97 Å². The molecule has 0 aromatic rings. The predicted molar refractivity (Wildman–Crippen MR) is 124 cm³/mol. The van der Waals surface area contributed by atoms with Crippen molar-refractivity contribution in [1.82, 2.24) is 0 Å². The molecule has 1 rings (SSSR count). The summed E-state index contributed by atoms with van der Waals surface area (Å²) in [6.07, 6.45) is 23.3. The van der Waals surface area contributed by atoms with Crippen molar-refractivity contribution in [2.24, 2.45) is 5.92 Å². The second kappa shape index (κ2) is 17.1. The van der Waals surface area contributed by atoms with Crippen LogP contribution in [-0.4, -0.2) is 24.7 Å². The van der Waals surface area contributed by atoms with Crippen LogP contribution in [0.25, 0.3) is 0 Å². The van der Waals surface area contributed by atoms with Gasteiger partial charge in [-0.2, -0.15) is 0 Å². The van der Waals surface area contributed by atoms with Gasteiger partial charge in [-0.25, -0.2) is 0 Å². The Hall–Kier alpha value is -0.570. The number of quaternary nitrogens is 1. The second-order valence-corrected chi connectivity index (χ2v) is 9.92. The number of esters is 1. The third kappa shape index (κ3) is 14.1. The number of rotatable bonds is 18. The molecule has 172 valence electrons. The average molecular weight is 411 g/mol. The summed E-state index contributed by atoms with van der Waals surface area (Å²) in [5.41, 5.74) is -0.291. The van der Waals surface area contributed by atoms with Gasteiger partial charge in [0.05, 0.1) is 13.1 Å². The third-order valence-corrected chi connectivity index (χ3v) is 6.78. The molecular weight excluding hydrogens is 358 g/mol. The van der Waals surface area contributed by atoms with Crippen LogP contribution in [0.3, 0.4) is 0 Å². The zero-order chi connectivity index (χ0) is 21.2. The van der Waals surface area contributed by atoms with Gasteiger partial charge < -0.3 is 10.1 Å². The molecule has 2 N–H and O–H groups in total. The van der Waals surface area contributed by atoms with Crippen molar-refractivity contribution in [3.05, 3.63) is 0 Å². The lowest BCUT2D eigenvalue weighted by molar-refractivity contribution is -0.665. The molecular formula is C26H52NO2+. The van der Waals surface area contributed by atoms with Crippen LogP contribution < -0.4 is 5.32 Å². The van der Waals surface area contributed by atoms with Gasteiger partial charge in [0.1, 0.15) is 5.60 Å². The van der Waals surface area contributed by atoms with Gasteiger partial charge in [-0.3, -0.25) is 4.79 Å². The second-order valence-electron chi connectivity index (χ2n) is 9.92. The average Bonchev–Trinajstić information content (AvgIpc) is 2.71. The first kappa shape index (κ1) is 26.5. The molecule has 1 fully saturated rings. The fourth-order valence-electron chi connectivity index (χ4n) is 4.69. The van der Waals surface area contributed by atoms with Crippen LogP contribution >= 0.6 is 0 Å². The van der Waals surface area contributed by atoms with Crippen molar-refractivity contribution in [1.29, 1.82) is 0 Å². The van der Waals surface area contributed by atoms with E-state index in [1.54, 1.807) is 0 Å². The monoisotopic (exact) mass is 410 g/mol. The van der Waals surface area contributed by atoms with Gasteiger partial charge in [-0.05, 0) is 20.3 Å². The zero-order valence-electron chi connectivity index (χ0n) is 20.1. The molecule has 1 aliphatic heterocycles. The van der Waals surface area contributed by atoms with E-state index >= 15 is 0 Å². The molecule has 0 aliphatic carbocycles. The topological polar surface area (TPSA) is 42.9 Å². The van der Waals surface area contributed by atoms with Crippen LogP contribution in [0.4, 0.5) is 0 Å². The van der Waals surface area contributed by atoms with E-state index in [1.807, 2.05) is 0 Å². The number of nitrogens with two attached hydrogens (primary N) is 1. The molecule has 0 aromatic carbocycles. The minimum absolute atomic E-state index is 0.0132. The highest BCUT2D eigenvalue weighted by Gasteiger charge is 2.35. The number of hydrogen-bond donors (Lipinski definition) is 1. The fourth-order valence-corrected chi connectivity index (χ4v) is 4.69. The van der Waals surface area contributed by atoms with E-state index in [2.05, 4.69) is 26.1 Å². The Bertz CT molecular complexity index is 388. The Morgan fingerprint density at radius 1 is 0.759 bits per heavy atom. The Balaban J connectivity index is 1.86. The van der Waals surface area contributed by atoms with Crippen LogP contribution in [0.5, 0.6) is 0 Å². The van der Waals surface area contributed by atoms with Gasteiger partial charge in [0.2, 0.25) is 0 Å². The molecule has 0 atom stereocenters. The highest BCUT2D eigenvalue weighted by Crippen LogP contribution is 2.28. The summed E-state index contributed by atoms with van der Waals surface area (Å²) < 4.78 is 5.84. The van der Waals surface area contributed by atoms with E-state index in [9.17, 15) is 4.79 Å². The van der Waals surface area contributed by atoms with Crippen molar-refractivity contribution in [3.63, 3.8) is 0 Å². The molecule has 1 aliphatic rings.